The minimum atomic E-state index is 0.675. The molecule has 0 bridgehead atoms. The van der Waals surface area contributed by atoms with Crippen LogP contribution in [0.25, 0.3) is 16.9 Å². The highest BCUT2D eigenvalue weighted by molar-refractivity contribution is 7.99. The summed E-state index contributed by atoms with van der Waals surface area (Å²) >= 11 is 1.64. The van der Waals surface area contributed by atoms with Gasteiger partial charge >= 0.3 is 0 Å². The van der Waals surface area contributed by atoms with Crippen LogP contribution in [0.2, 0.25) is 0 Å². The molecule has 0 saturated heterocycles. The van der Waals surface area contributed by atoms with E-state index in [1.54, 1.807) is 32.2 Å². The maximum atomic E-state index is 5.45. The average molecular weight is 391 g/mol. The first-order valence-electron chi connectivity index (χ1n) is 8.90. The van der Waals surface area contributed by atoms with Crippen molar-refractivity contribution >= 4 is 17.4 Å². The molecule has 0 saturated carbocycles. The van der Waals surface area contributed by atoms with Crippen LogP contribution >= 0.6 is 11.8 Å². The predicted molar refractivity (Wildman–Crippen MR) is 112 cm³/mol. The van der Waals surface area contributed by atoms with Crippen molar-refractivity contribution in [3.63, 3.8) is 0 Å². The van der Waals surface area contributed by atoms with E-state index in [2.05, 4.69) is 37.0 Å². The molecule has 0 radical (unpaired) electrons. The number of aromatic nitrogens is 3. The van der Waals surface area contributed by atoms with Gasteiger partial charge in [0, 0.05) is 28.9 Å². The lowest BCUT2D eigenvalue weighted by Gasteiger charge is -2.12. The van der Waals surface area contributed by atoms with E-state index < -0.39 is 0 Å². The van der Waals surface area contributed by atoms with Crippen LogP contribution in [0.15, 0.2) is 64.9 Å². The summed E-state index contributed by atoms with van der Waals surface area (Å²) in [5.74, 6) is 1.37. The van der Waals surface area contributed by atoms with Crippen molar-refractivity contribution in [3.05, 3.63) is 66.0 Å². The zero-order chi connectivity index (χ0) is 19.7. The van der Waals surface area contributed by atoms with Crippen LogP contribution in [0, 0.1) is 13.8 Å². The molecule has 2 aromatic heterocycles. The van der Waals surface area contributed by atoms with Gasteiger partial charge < -0.3 is 9.47 Å². The van der Waals surface area contributed by atoms with Crippen LogP contribution < -0.4 is 9.47 Å². The molecule has 0 N–H and O–H groups in total. The molecule has 0 aliphatic heterocycles. The normalized spacial score (nSPS) is 11.0. The number of rotatable bonds is 5. The van der Waals surface area contributed by atoms with E-state index in [1.807, 2.05) is 34.9 Å². The van der Waals surface area contributed by atoms with Crippen LogP contribution in [-0.4, -0.2) is 28.6 Å². The van der Waals surface area contributed by atoms with Crippen LogP contribution in [0.5, 0.6) is 11.5 Å². The molecule has 0 aliphatic rings. The Kier molecular flexibility index (Phi) is 4.96. The molecule has 0 aliphatic carbocycles. The van der Waals surface area contributed by atoms with Crippen molar-refractivity contribution < 1.29 is 9.47 Å². The van der Waals surface area contributed by atoms with E-state index in [0.29, 0.717) is 11.5 Å². The molecule has 5 nitrogen and oxygen atoms in total. The summed E-state index contributed by atoms with van der Waals surface area (Å²) < 4.78 is 12.8. The first kappa shape index (κ1) is 18.4. The second-order valence-electron chi connectivity index (χ2n) is 6.52. The Hall–Kier alpha value is -2.99. The number of imidazole rings is 1. The second kappa shape index (κ2) is 7.56. The van der Waals surface area contributed by atoms with Gasteiger partial charge in [-0.1, -0.05) is 23.9 Å². The zero-order valence-electron chi connectivity index (χ0n) is 16.3. The SMILES string of the molecule is COc1ccc(-c2cc3nccn3c(Sc3cc(C)ccc3C)n2)cc1OC. The molecule has 4 aromatic rings. The van der Waals surface area contributed by atoms with Gasteiger partial charge in [0.05, 0.1) is 19.9 Å². The minimum Gasteiger partial charge on any atom is -0.493 e. The number of hydrogen-bond donors (Lipinski definition) is 0. The molecule has 2 heterocycles. The van der Waals surface area contributed by atoms with Gasteiger partial charge in [0.1, 0.15) is 5.65 Å². The van der Waals surface area contributed by atoms with Gasteiger partial charge in [-0.15, -0.1) is 0 Å². The van der Waals surface area contributed by atoms with E-state index >= 15 is 0 Å². The lowest BCUT2D eigenvalue weighted by Crippen LogP contribution is -1.97. The third-order valence-electron chi connectivity index (χ3n) is 4.58. The van der Waals surface area contributed by atoms with Gasteiger partial charge in [-0.3, -0.25) is 4.40 Å². The van der Waals surface area contributed by atoms with Gasteiger partial charge in [-0.25, -0.2) is 9.97 Å². The van der Waals surface area contributed by atoms with Crippen molar-refractivity contribution in [1.29, 1.82) is 0 Å². The first-order chi connectivity index (χ1) is 13.6. The molecular weight excluding hydrogens is 370 g/mol. The summed E-state index contributed by atoms with van der Waals surface area (Å²) in [6.45, 7) is 4.22. The number of benzene rings is 2. The molecule has 142 valence electrons. The molecule has 0 fully saturated rings. The van der Waals surface area contributed by atoms with Crippen molar-refractivity contribution in [2.45, 2.75) is 23.9 Å². The Morgan fingerprint density at radius 2 is 1.75 bits per heavy atom. The summed E-state index contributed by atoms with van der Waals surface area (Å²) in [6, 6.07) is 14.2. The molecule has 2 aromatic carbocycles. The molecule has 28 heavy (non-hydrogen) atoms. The Morgan fingerprint density at radius 1 is 0.929 bits per heavy atom. The number of methoxy groups -OCH3 is 2. The van der Waals surface area contributed by atoms with E-state index in [9.17, 15) is 0 Å². The monoisotopic (exact) mass is 391 g/mol. The van der Waals surface area contributed by atoms with Crippen LogP contribution in [-0.2, 0) is 0 Å². The third-order valence-corrected chi connectivity index (χ3v) is 5.71. The van der Waals surface area contributed by atoms with Crippen molar-refractivity contribution in [3.8, 4) is 22.8 Å². The van der Waals surface area contributed by atoms with Crippen molar-refractivity contribution in [2.75, 3.05) is 14.2 Å². The van der Waals surface area contributed by atoms with Gasteiger partial charge in [-0.2, -0.15) is 0 Å². The Balaban J connectivity index is 1.82. The highest BCUT2D eigenvalue weighted by atomic mass is 32.2. The van der Waals surface area contributed by atoms with E-state index in [1.165, 1.54) is 16.0 Å². The summed E-state index contributed by atoms with van der Waals surface area (Å²) in [7, 11) is 3.26. The van der Waals surface area contributed by atoms with Gasteiger partial charge in [0.2, 0.25) is 0 Å². The topological polar surface area (TPSA) is 48.7 Å². The molecule has 0 spiro atoms. The first-order valence-corrected chi connectivity index (χ1v) is 9.72. The Morgan fingerprint density at radius 3 is 2.54 bits per heavy atom. The highest BCUT2D eigenvalue weighted by Gasteiger charge is 2.13. The lowest BCUT2D eigenvalue weighted by atomic mass is 10.1. The molecule has 6 heteroatoms. The maximum Gasteiger partial charge on any atom is 0.179 e. The number of nitrogens with zero attached hydrogens (tertiary/aromatic N) is 3. The Bertz CT molecular complexity index is 1150. The fourth-order valence-electron chi connectivity index (χ4n) is 3.03. The number of fused-ring (bicyclic) bond motifs is 1. The Labute approximate surface area is 168 Å². The van der Waals surface area contributed by atoms with E-state index in [-0.39, 0.29) is 0 Å². The van der Waals surface area contributed by atoms with E-state index in [4.69, 9.17) is 14.5 Å². The van der Waals surface area contributed by atoms with Crippen LogP contribution in [0.1, 0.15) is 11.1 Å². The minimum absolute atomic E-state index is 0.675. The summed E-state index contributed by atoms with van der Waals surface area (Å²) in [5.41, 5.74) is 5.10. The fourth-order valence-corrected chi connectivity index (χ4v) is 4.09. The van der Waals surface area contributed by atoms with Gasteiger partial charge in [-0.05, 0) is 49.2 Å². The number of ether oxygens (including phenoxy) is 2. The fraction of sp³-hybridized carbons (Fsp3) is 0.182. The van der Waals surface area contributed by atoms with E-state index in [0.717, 1.165) is 22.1 Å². The molecule has 4 rings (SSSR count). The molecular formula is C22H21N3O2S. The molecule has 0 amide bonds. The summed E-state index contributed by atoms with van der Waals surface area (Å²) in [5, 5.41) is 0.869. The molecule has 0 unspecified atom stereocenters. The third kappa shape index (κ3) is 3.43. The second-order valence-corrected chi connectivity index (χ2v) is 7.53. The van der Waals surface area contributed by atoms with Crippen molar-refractivity contribution in [2.24, 2.45) is 0 Å². The average Bonchev–Trinajstić information content (AvgIpc) is 3.19. The largest absolute Gasteiger partial charge is 0.493 e. The summed E-state index contributed by atoms with van der Waals surface area (Å²) in [6.07, 6.45) is 3.73. The lowest BCUT2D eigenvalue weighted by molar-refractivity contribution is 0.355. The zero-order valence-corrected chi connectivity index (χ0v) is 17.1. The van der Waals surface area contributed by atoms with Gasteiger partial charge in [0.25, 0.3) is 0 Å². The number of hydrogen-bond acceptors (Lipinski definition) is 5. The standard InChI is InChI=1S/C22H21N3O2S/c1-14-5-6-15(2)20(11-14)28-22-24-17(13-21-23-9-10-25(21)22)16-7-8-18(26-3)19(12-16)27-4/h5-13H,1-4H3. The summed E-state index contributed by atoms with van der Waals surface area (Å²) in [4.78, 5) is 10.6. The van der Waals surface area contributed by atoms with Gasteiger partial charge in [0.15, 0.2) is 16.7 Å². The molecule has 0 atom stereocenters. The quantitative estimate of drug-likeness (QED) is 0.439. The highest BCUT2D eigenvalue weighted by Crippen LogP contribution is 2.35. The predicted octanol–water partition coefficient (Wildman–Crippen LogP) is 5.18. The van der Waals surface area contributed by atoms with Crippen LogP contribution in [0.4, 0.5) is 0 Å². The van der Waals surface area contributed by atoms with Crippen LogP contribution in [0.3, 0.4) is 0 Å². The smallest absolute Gasteiger partial charge is 0.179 e. The number of aryl methyl sites for hydroxylation is 2. The van der Waals surface area contributed by atoms with Crippen molar-refractivity contribution in [1.82, 2.24) is 14.4 Å². The maximum absolute atomic E-state index is 5.45.